The Bertz CT molecular complexity index is 173. The lowest BCUT2D eigenvalue weighted by molar-refractivity contribution is 0.867. The highest BCUT2D eigenvalue weighted by Crippen LogP contribution is 2.06. The minimum atomic E-state index is 0.813. The first-order valence-corrected chi connectivity index (χ1v) is 2.83. The average molecular weight is 128 g/mol. The predicted octanol–water partition coefficient (Wildman–Crippen LogP) is 1.02. The van der Waals surface area contributed by atoms with Crippen molar-refractivity contribution in [2.75, 3.05) is 0 Å². The van der Waals surface area contributed by atoms with Crippen molar-refractivity contribution >= 4 is 12.6 Å². The van der Waals surface area contributed by atoms with Crippen molar-refractivity contribution < 1.29 is 0 Å². The Morgan fingerprint density at radius 1 is 1.75 bits per heavy atom. The first kappa shape index (κ1) is 5.69. The SMILES string of the molecule is Cc1c(S)ncn1C. The van der Waals surface area contributed by atoms with E-state index in [-0.39, 0.29) is 0 Å². The van der Waals surface area contributed by atoms with Crippen molar-refractivity contribution in [1.29, 1.82) is 0 Å². The fraction of sp³-hybridized carbons (Fsp3) is 0.400. The Morgan fingerprint density at radius 2 is 2.38 bits per heavy atom. The fourth-order valence-electron chi connectivity index (χ4n) is 0.479. The van der Waals surface area contributed by atoms with Crippen molar-refractivity contribution in [2.24, 2.45) is 7.05 Å². The zero-order valence-electron chi connectivity index (χ0n) is 4.92. The smallest absolute Gasteiger partial charge is 0.114 e. The van der Waals surface area contributed by atoms with Gasteiger partial charge in [0.2, 0.25) is 0 Å². The molecule has 44 valence electrons. The van der Waals surface area contributed by atoms with E-state index in [9.17, 15) is 0 Å². The molecule has 0 aliphatic heterocycles. The largest absolute Gasteiger partial charge is 0.337 e. The van der Waals surface area contributed by atoms with Gasteiger partial charge in [-0.2, -0.15) is 0 Å². The molecule has 0 aromatic carbocycles. The fourth-order valence-corrected chi connectivity index (χ4v) is 0.688. The molecule has 0 amide bonds. The zero-order chi connectivity index (χ0) is 6.15. The molecular weight excluding hydrogens is 120 g/mol. The molecule has 0 unspecified atom stereocenters. The number of rotatable bonds is 0. The second-order valence-corrected chi connectivity index (χ2v) is 2.19. The highest BCUT2D eigenvalue weighted by Gasteiger charge is 1.94. The van der Waals surface area contributed by atoms with Gasteiger partial charge >= 0.3 is 0 Å². The van der Waals surface area contributed by atoms with Crippen molar-refractivity contribution in [1.82, 2.24) is 9.55 Å². The van der Waals surface area contributed by atoms with E-state index in [0.717, 1.165) is 10.7 Å². The van der Waals surface area contributed by atoms with Gasteiger partial charge in [0.25, 0.3) is 0 Å². The maximum absolute atomic E-state index is 4.09. The summed E-state index contributed by atoms with van der Waals surface area (Å²) in [6.45, 7) is 1.98. The number of aromatic nitrogens is 2. The summed E-state index contributed by atoms with van der Waals surface area (Å²) in [6.07, 6.45) is 1.75. The Balaban J connectivity index is 3.19. The van der Waals surface area contributed by atoms with Gasteiger partial charge in [-0.25, -0.2) is 4.98 Å². The van der Waals surface area contributed by atoms with Crippen LogP contribution < -0.4 is 0 Å². The lowest BCUT2D eigenvalue weighted by Crippen LogP contribution is -1.86. The molecule has 0 atom stereocenters. The summed E-state index contributed by atoms with van der Waals surface area (Å²) in [4.78, 5) is 3.94. The Kier molecular flexibility index (Phi) is 1.29. The van der Waals surface area contributed by atoms with E-state index in [1.807, 2.05) is 18.5 Å². The van der Waals surface area contributed by atoms with Crippen LogP contribution in [0.5, 0.6) is 0 Å². The third-order valence-corrected chi connectivity index (χ3v) is 1.64. The summed E-state index contributed by atoms with van der Waals surface area (Å²) in [5.41, 5.74) is 1.10. The van der Waals surface area contributed by atoms with Gasteiger partial charge in [-0.05, 0) is 6.92 Å². The second-order valence-electron chi connectivity index (χ2n) is 1.76. The third kappa shape index (κ3) is 0.733. The molecule has 2 nitrogen and oxygen atoms in total. The normalized spacial score (nSPS) is 9.88. The molecule has 1 aromatic rings. The van der Waals surface area contributed by atoms with Gasteiger partial charge in [-0.1, -0.05) is 0 Å². The summed E-state index contributed by atoms with van der Waals surface area (Å²) in [5, 5.41) is 0.813. The number of aryl methyl sites for hydroxylation is 1. The van der Waals surface area contributed by atoms with Crippen molar-refractivity contribution in [3.8, 4) is 0 Å². The summed E-state index contributed by atoms with van der Waals surface area (Å²) in [6, 6.07) is 0. The Morgan fingerprint density at radius 3 is 2.50 bits per heavy atom. The second kappa shape index (κ2) is 1.82. The first-order valence-electron chi connectivity index (χ1n) is 2.38. The summed E-state index contributed by atoms with van der Waals surface area (Å²) in [5.74, 6) is 0. The Labute approximate surface area is 54.0 Å². The van der Waals surface area contributed by atoms with Crippen molar-refractivity contribution in [3.05, 3.63) is 12.0 Å². The summed E-state index contributed by atoms with van der Waals surface area (Å²) >= 11 is 4.09. The molecule has 0 radical (unpaired) electrons. The van der Waals surface area contributed by atoms with Gasteiger partial charge in [0.05, 0.1) is 6.33 Å². The molecule has 1 rings (SSSR count). The molecule has 0 aliphatic carbocycles. The minimum Gasteiger partial charge on any atom is -0.337 e. The van der Waals surface area contributed by atoms with Gasteiger partial charge in [0.15, 0.2) is 0 Å². The molecular formula is C5H8N2S. The number of hydrogen-bond acceptors (Lipinski definition) is 2. The van der Waals surface area contributed by atoms with Gasteiger partial charge in [-0.15, -0.1) is 12.6 Å². The van der Waals surface area contributed by atoms with Crippen LogP contribution in [0.25, 0.3) is 0 Å². The highest BCUT2D eigenvalue weighted by atomic mass is 32.1. The van der Waals surface area contributed by atoms with E-state index >= 15 is 0 Å². The van der Waals surface area contributed by atoms with E-state index < -0.39 is 0 Å². The molecule has 0 aliphatic rings. The minimum absolute atomic E-state index is 0.813. The molecule has 8 heavy (non-hydrogen) atoms. The average Bonchev–Trinajstić information content (AvgIpc) is 1.98. The van der Waals surface area contributed by atoms with E-state index in [4.69, 9.17) is 0 Å². The van der Waals surface area contributed by atoms with Gasteiger partial charge in [0, 0.05) is 12.7 Å². The summed E-state index contributed by atoms with van der Waals surface area (Å²) in [7, 11) is 1.95. The predicted molar refractivity (Wildman–Crippen MR) is 35.2 cm³/mol. The van der Waals surface area contributed by atoms with E-state index in [1.165, 1.54) is 0 Å². The lowest BCUT2D eigenvalue weighted by Gasteiger charge is -1.90. The van der Waals surface area contributed by atoms with Crippen LogP contribution in [0.3, 0.4) is 0 Å². The van der Waals surface area contributed by atoms with Crippen LogP contribution in [0.2, 0.25) is 0 Å². The molecule has 1 aromatic heterocycles. The van der Waals surface area contributed by atoms with Crippen LogP contribution in [-0.4, -0.2) is 9.55 Å². The molecule has 0 saturated heterocycles. The number of nitrogens with zero attached hydrogens (tertiary/aromatic N) is 2. The molecule has 0 fully saturated rings. The van der Waals surface area contributed by atoms with Gasteiger partial charge in [-0.3, -0.25) is 0 Å². The molecule has 0 N–H and O–H groups in total. The highest BCUT2D eigenvalue weighted by molar-refractivity contribution is 7.80. The quantitative estimate of drug-likeness (QED) is 0.516. The molecule has 1 heterocycles. The molecule has 3 heteroatoms. The standard InChI is InChI=1S/C5H8N2S/c1-4-5(8)6-3-7(4)2/h3,8H,1-2H3. The topological polar surface area (TPSA) is 17.8 Å². The maximum atomic E-state index is 4.09. The summed E-state index contributed by atoms with van der Waals surface area (Å²) < 4.78 is 1.93. The van der Waals surface area contributed by atoms with Crippen molar-refractivity contribution in [2.45, 2.75) is 11.9 Å². The number of hydrogen-bond donors (Lipinski definition) is 1. The first-order chi connectivity index (χ1) is 3.72. The Hall–Kier alpha value is -0.440. The van der Waals surface area contributed by atoms with Crippen LogP contribution in [0.4, 0.5) is 0 Å². The third-order valence-electron chi connectivity index (χ3n) is 1.21. The monoisotopic (exact) mass is 128 g/mol. The van der Waals surface area contributed by atoms with E-state index in [2.05, 4.69) is 17.6 Å². The number of thiol groups is 1. The van der Waals surface area contributed by atoms with Crippen molar-refractivity contribution in [3.63, 3.8) is 0 Å². The molecule has 0 spiro atoms. The van der Waals surface area contributed by atoms with Crippen LogP contribution in [0, 0.1) is 6.92 Å². The maximum Gasteiger partial charge on any atom is 0.114 e. The van der Waals surface area contributed by atoms with Crippen LogP contribution in [0.15, 0.2) is 11.4 Å². The number of imidazole rings is 1. The van der Waals surface area contributed by atoms with Gasteiger partial charge < -0.3 is 4.57 Å². The van der Waals surface area contributed by atoms with Gasteiger partial charge in [0.1, 0.15) is 5.03 Å². The van der Waals surface area contributed by atoms with E-state index in [1.54, 1.807) is 6.33 Å². The van der Waals surface area contributed by atoms with Crippen LogP contribution in [-0.2, 0) is 7.05 Å². The van der Waals surface area contributed by atoms with Crippen LogP contribution in [0.1, 0.15) is 5.69 Å². The molecule has 0 saturated carbocycles. The van der Waals surface area contributed by atoms with E-state index in [0.29, 0.717) is 0 Å². The molecule has 0 bridgehead atoms. The zero-order valence-corrected chi connectivity index (χ0v) is 5.81. The lowest BCUT2D eigenvalue weighted by atomic mass is 10.5. The van der Waals surface area contributed by atoms with Crippen LogP contribution >= 0.6 is 12.6 Å².